The van der Waals surface area contributed by atoms with Crippen molar-refractivity contribution in [2.75, 3.05) is 13.1 Å². The molecule has 0 unspecified atom stereocenters. The van der Waals surface area contributed by atoms with Gasteiger partial charge in [0.05, 0.1) is 6.54 Å². The molecular weight excluding hydrogens is 314 g/mol. The molecule has 1 aromatic heterocycles. The lowest BCUT2D eigenvalue weighted by Gasteiger charge is -2.25. The van der Waals surface area contributed by atoms with Gasteiger partial charge in [0.25, 0.3) is 0 Å². The molecule has 1 amide bonds. The summed E-state index contributed by atoms with van der Waals surface area (Å²) in [5.41, 5.74) is 7.32. The van der Waals surface area contributed by atoms with Crippen LogP contribution in [0.4, 0.5) is 0 Å². The number of benzene rings is 1. The topological polar surface area (TPSA) is 72.4 Å². The maximum atomic E-state index is 12.2. The van der Waals surface area contributed by atoms with E-state index in [9.17, 15) is 4.79 Å². The van der Waals surface area contributed by atoms with Crippen molar-refractivity contribution < 1.29 is 9.21 Å². The van der Waals surface area contributed by atoms with Crippen LogP contribution in [0.25, 0.3) is 11.5 Å². The molecule has 1 aliphatic heterocycles. The smallest absolute Gasteiger partial charge is 0.226 e. The molecule has 6 heteroatoms. The predicted octanol–water partition coefficient (Wildman–Crippen LogP) is 2.78. The molecule has 0 radical (unpaired) electrons. The highest BCUT2D eigenvalue weighted by Gasteiger charge is 2.25. The maximum Gasteiger partial charge on any atom is 0.226 e. The lowest BCUT2D eigenvalue weighted by Crippen LogP contribution is -2.35. The third kappa shape index (κ3) is 4.12. The molecule has 23 heavy (non-hydrogen) atoms. The fraction of sp³-hybridized carbons (Fsp3) is 0.412. The molecule has 5 nitrogen and oxygen atoms in total. The zero-order chi connectivity index (χ0) is 15.4. The number of nitrogens with two attached hydrogens (primary N) is 1. The molecule has 1 aliphatic rings. The van der Waals surface area contributed by atoms with Crippen LogP contribution >= 0.6 is 12.4 Å². The number of amides is 1. The number of oxazole rings is 1. The average Bonchev–Trinajstić information content (AvgIpc) is 2.99. The van der Waals surface area contributed by atoms with Gasteiger partial charge in [-0.3, -0.25) is 4.79 Å². The lowest BCUT2D eigenvalue weighted by atomic mass is 10.1. The van der Waals surface area contributed by atoms with Crippen molar-refractivity contribution in [3.8, 4) is 11.5 Å². The molecule has 0 spiro atoms. The Bertz CT molecular complexity index is 643. The molecule has 0 atom stereocenters. The number of fused-ring (bicyclic) bond motifs is 1. The summed E-state index contributed by atoms with van der Waals surface area (Å²) in [7, 11) is 0. The van der Waals surface area contributed by atoms with Crippen LogP contribution in [0.5, 0.6) is 0 Å². The van der Waals surface area contributed by atoms with Crippen LogP contribution in [0.3, 0.4) is 0 Å². The quantitative estimate of drug-likeness (QED) is 0.853. The molecule has 124 valence electrons. The first-order chi connectivity index (χ1) is 10.8. The average molecular weight is 336 g/mol. The van der Waals surface area contributed by atoms with Crippen molar-refractivity contribution >= 4 is 18.3 Å². The second-order valence-electron chi connectivity index (χ2n) is 5.57. The summed E-state index contributed by atoms with van der Waals surface area (Å²) in [4.78, 5) is 18.6. The summed E-state index contributed by atoms with van der Waals surface area (Å²) in [5.74, 6) is 1.73. The van der Waals surface area contributed by atoms with E-state index in [-0.39, 0.29) is 18.3 Å². The minimum atomic E-state index is 0. The second kappa shape index (κ2) is 8.13. The third-order valence-corrected chi connectivity index (χ3v) is 3.95. The number of halogens is 1. The molecule has 0 saturated carbocycles. The van der Waals surface area contributed by atoms with Crippen LogP contribution in [-0.2, 0) is 17.8 Å². The van der Waals surface area contributed by atoms with E-state index in [2.05, 4.69) is 4.98 Å². The Balaban J connectivity index is 0.00000192. The summed E-state index contributed by atoms with van der Waals surface area (Å²) in [5, 5.41) is 0. The Kier molecular flexibility index (Phi) is 6.19. The molecule has 2 heterocycles. The van der Waals surface area contributed by atoms with Crippen molar-refractivity contribution in [1.82, 2.24) is 9.88 Å². The standard InChI is InChI=1S/C17H21N3O2.ClH/c18-10-5-4-8-16(21)20-11-9-15-14(12-20)19-17(22-15)13-6-2-1-3-7-13;/h1-3,6-7H,4-5,8-12,18H2;1H. The van der Waals surface area contributed by atoms with Crippen molar-refractivity contribution in [3.05, 3.63) is 41.8 Å². The molecule has 0 saturated heterocycles. The minimum Gasteiger partial charge on any atom is -0.441 e. The number of rotatable bonds is 5. The van der Waals surface area contributed by atoms with Gasteiger partial charge in [0.1, 0.15) is 11.5 Å². The monoisotopic (exact) mass is 335 g/mol. The number of carbonyl (C=O) groups excluding carboxylic acids is 1. The number of nitrogens with zero attached hydrogens (tertiary/aromatic N) is 2. The predicted molar refractivity (Wildman–Crippen MR) is 91.2 cm³/mol. The fourth-order valence-electron chi connectivity index (χ4n) is 2.69. The van der Waals surface area contributed by atoms with Crippen LogP contribution < -0.4 is 5.73 Å². The van der Waals surface area contributed by atoms with Crippen LogP contribution in [0.2, 0.25) is 0 Å². The summed E-state index contributed by atoms with van der Waals surface area (Å²) >= 11 is 0. The third-order valence-electron chi connectivity index (χ3n) is 3.95. The number of unbranched alkanes of at least 4 members (excludes halogenated alkanes) is 1. The largest absolute Gasteiger partial charge is 0.441 e. The summed E-state index contributed by atoms with van der Waals surface area (Å²) in [6.45, 7) is 1.89. The van der Waals surface area contributed by atoms with Crippen molar-refractivity contribution in [2.24, 2.45) is 5.73 Å². The molecule has 3 rings (SSSR count). The summed E-state index contributed by atoms with van der Waals surface area (Å²) in [6, 6.07) is 9.85. The zero-order valence-electron chi connectivity index (χ0n) is 13.0. The van der Waals surface area contributed by atoms with Crippen LogP contribution in [-0.4, -0.2) is 28.9 Å². The van der Waals surface area contributed by atoms with Gasteiger partial charge in [-0.2, -0.15) is 0 Å². The van der Waals surface area contributed by atoms with Gasteiger partial charge in [0.2, 0.25) is 11.8 Å². The molecule has 1 aromatic carbocycles. The number of hydrogen-bond acceptors (Lipinski definition) is 4. The van der Waals surface area contributed by atoms with E-state index in [4.69, 9.17) is 10.2 Å². The number of aromatic nitrogens is 1. The second-order valence-corrected chi connectivity index (χ2v) is 5.57. The molecule has 0 bridgehead atoms. The van der Waals surface area contributed by atoms with Crippen LogP contribution in [0.1, 0.15) is 30.7 Å². The Labute approximate surface area is 142 Å². The van der Waals surface area contributed by atoms with Gasteiger partial charge >= 0.3 is 0 Å². The van der Waals surface area contributed by atoms with Gasteiger partial charge in [0, 0.05) is 24.9 Å². The summed E-state index contributed by atoms with van der Waals surface area (Å²) < 4.78 is 5.85. The van der Waals surface area contributed by atoms with Crippen LogP contribution in [0, 0.1) is 0 Å². The normalized spacial score (nSPS) is 13.3. The molecule has 2 aromatic rings. The fourth-order valence-corrected chi connectivity index (χ4v) is 2.69. The highest BCUT2D eigenvalue weighted by atomic mass is 35.5. The first-order valence-electron chi connectivity index (χ1n) is 7.80. The molecule has 0 aliphatic carbocycles. The SMILES string of the molecule is Cl.NCCCCC(=O)N1CCc2oc(-c3ccccc3)nc2C1. The van der Waals surface area contributed by atoms with E-state index >= 15 is 0 Å². The van der Waals surface area contributed by atoms with Gasteiger partial charge in [-0.25, -0.2) is 4.98 Å². The van der Waals surface area contributed by atoms with E-state index in [1.165, 1.54) is 0 Å². The Morgan fingerprint density at radius 3 is 2.78 bits per heavy atom. The van der Waals surface area contributed by atoms with E-state index in [1.54, 1.807) is 0 Å². The lowest BCUT2D eigenvalue weighted by molar-refractivity contribution is -0.132. The van der Waals surface area contributed by atoms with Crippen molar-refractivity contribution in [2.45, 2.75) is 32.2 Å². The minimum absolute atomic E-state index is 0. The van der Waals surface area contributed by atoms with Gasteiger partial charge in [-0.15, -0.1) is 12.4 Å². The van der Waals surface area contributed by atoms with Crippen LogP contribution in [0.15, 0.2) is 34.7 Å². The zero-order valence-corrected chi connectivity index (χ0v) is 13.8. The first-order valence-corrected chi connectivity index (χ1v) is 7.80. The molecular formula is C17H22ClN3O2. The van der Waals surface area contributed by atoms with Gasteiger partial charge in [-0.1, -0.05) is 18.2 Å². The highest BCUT2D eigenvalue weighted by Crippen LogP contribution is 2.26. The van der Waals surface area contributed by atoms with Gasteiger partial charge in [0.15, 0.2) is 0 Å². The van der Waals surface area contributed by atoms with E-state index < -0.39 is 0 Å². The summed E-state index contributed by atoms with van der Waals surface area (Å²) in [6.07, 6.45) is 3.05. The van der Waals surface area contributed by atoms with E-state index in [0.29, 0.717) is 31.9 Å². The van der Waals surface area contributed by atoms with Gasteiger partial charge < -0.3 is 15.1 Å². The Hall–Kier alpha value is -1.85. The number of hydrogen-bond donors (Lipinski definition) is 1. The Morgan fingerprint density at radius 1 is 1.26 bits per heavy atom. The molecule has 2 N–H and O–H groups in total. The Morgan fingerprint density at radius 2 is 2.04 bits per heavy atom. The maximum absolute atomic E-state index is 12.2. The highest BCUT2D eigenvalue weighted by molar-refractivity contribution is 5.85. The van der Waals surface area contributed by atoms with Gasteiger partial charge in [-0.05, 0) is 31.5 Å². The first kappa shape index (κ1) is 17.5. The van der Waals surface area contributed by atoms with Crippen molar-refractivity contribution in [1.29, 1.82) is 0 Å². The van der Waals surface area contributed by atoms with E-state index in [1.807, 2.05) is 35.2 Å². The van der Waals surface area contributed by atoms with E-state index in [0.717, 1.165) is 36.3 Å². The number of carbonyl (C=O) groups is 1. The molecule has 0 fully saturated rings. The van der Waals surface area contributed by atoms with Crippen molar-refractivity contribution in [3.63, 3.8) is 0 Å².